The summed E-state index contributed by atoms with van der Waals surface area (Å²) < 4.78 is 0. The zero-order valence-corrected chi connectivity index (χ0v) is 12.1. The minimum atomic E-state index is 0.185. The van der Waals surface area contributed by atoms with Crippen LogP contribution in [0.25, 0.3) is 10.9 Å². The van der Waals surface area contributed by atoms with E-state index in [9.17, 15) is 4.79 Å². The summed E-state index contributed by atoms with van der Waals surface area (Å²) >= 11 is 6.19. The first kappa shape index (κ1) is 12.1. The van der Waals surface area contributed by atoms with Gasteiger partial charge in [0, 0.05) is 66.3 Å². The van der Waals surface area contributed by atoms with Gasteiger partial charge in [0.05, 0.1) is 0 Å². The van der Waals surface area contributed by atoms with Crippen molar-refractivity contribution >= 4 is 34.1 Å². The maximum atomic E-state index is 11.3. The molecule has 2 aliphatic rings. The van der Waals surface area contributed by atoms with E-state index >= 15 is 0 Å². The summed E-state index contributed by atoms with van der Waals surface area (Å²) in [7, 11) is 0. The summed E-state index contributed by atoms with van der Waals surface area (Å²) in [5.41, 5.74) is 2.59. The van der Waals surface area contributed by atoms with Gasteiger partial charge in [0.25, 0.3) is 0 Å². The summed E-state index contributed by atoms with van der Waals surface area (Å²) in [4.78, 5) is 18.8. The highest BCUT2D eigenvalue weighted by Crippen LogP contribution is 2.44. The Balaban J connectivity index is 1.56. The Labute approximate surface area is 122 Å². The number of hydrogen-bond acceptors (Lipinski definition) is 2. The summed E-state index contributed by atoms with van der Waals surface area (Å²) in [6, 6.07) is 6.08. The third kappa shape index (κ3) is 1.64. The van der Waals surface area contributed by atoms with E-state index in [0.717, 1.165) is 36.7 Å². The van der Waals surface area contributed by atoms with Crippen LogP contribution in [0.2, 0.25) is 5.02 Å². The fourth-order valence-corrected chi connectivity index (χ4v) is 3.71. The second-order valence-electron chi connectivity index (χ2n) is 6.09. The first-order valence-corrected chi connectivity index (χ1v) is 7.21. The van der Waals surface area contributed by atoms with Crippen molar-refractivity contribution < 1.29 is 4.79 Å². The van der Waals surface area contributed by atoms with E-state index in [1.807, 2.05) is 23.2 Å². The zero-order chi connectivity index (χ0) is 13.9. The lowest BCUT2D eigenvalue weighted by Crippen LogP contribution is -2.72. The van der Waals surface area contributed by atoms with Crippen LogP contribution in [0.1, 0.15) is 6.92 Å². The highest BCUT2D eigenvalue weighted by molar-refractivity contribution is 6.31. The van der Waals surface area contributed by atoms with E-state index < -0.39 is 0 Å². The quantitative estimate of drug-likeness (QED) is 0.876. The maximum Gasteiger partial charge on any atom is 0.219 e. The molecule has 1 N–H and O–H groups in total. The van der Waals surface area contributed by atoms with Crippen molar-refractivity contribution in [3.8, 4) is 0 Å². The molecule has 3 heterocycles. The van der Waals surface area contributed by atoms with E-state index in [2.05, 4.69) is 16.0 Å². The molecule has 0 saturated carbocycles. The number of nitrogens with one attached hydrogen (secondary N) is 1. The summed E-state index contributed by atoms with van der Waals surface area (Å²) in [5, 5.41) is 1.97. The number of carbonyl (C=O) groups excluding carboxylic acids is 1. The van der Waals surface area contributed by atoms with Crippen LogP contribution in [0.5, 0.6) is 0 Å². The number of fused-ring (bicyclic) bond motifs is 1. The molecule has 4 nitrogen and oxygen atoms in total. The number of halogens is 1. The predicted molar refractivity (Wildman–Crippen MR) is 80.2 cm³/mol. The Kier molecular flexibility index (Phi) is 2.37. The van der Waals surface area contributed by atoms with Gasteiger partial charge in [-0.2, -0.15) is 0 Å². The lowest BCUT2D eigenvalue weighted by atomic mass is 9.72. The minimum Gasteiger partial charge on any atom is -0.369 e. The third-order valence-electron chi connectivity index (χ3n) is 4.50. The number of likely N-dealkylation sites (tertiary alicyclic amines) is 1. The molecule has 2 saturated heterocycles. The number of anilines is 1. The number of H-pyrrole nitrogens is 1. The van der Waals surface area contributed by atoms with Crippen molar-refractivity contribution in [3.63, 3.8) is 0 Å². The average molecular weight is 290 g/mol. The molecular weight excluding hydrogens is 274 g/mol. The van der Waals surface area contributed by atoms with Crippen molar-refractivity contribution in [1.29, 1.82) is 0 Å². The Morgan fingerprint density at radius 1 is 1.30 bits per heavy atom. The second kappa shape index (κ2) is 3.92. The molecule has 1 aromatic carbocycles. The fraction of sp³-hybridized carbons (Fsp3) is 0.400. The number of carbonyl (C=O) groups is 1. The van der Waals surface area contributed by atoms with Crippen LogP contribution in [0.4, 0.5) is 5.69 Å². The molecule has 104 valence electrons. The van der Waals surface area contributed by atoms with E-state index in [1.54, 1.807) is 6.92 Å². The van der Waals surface area contributed by atoms with Gasteiger partial charge in [0.1, 0.15) is 0 Å². The number of hydrogen-bond donors (Lipinski definition) is 1. The van der Waals surface area contributed by atoms with E-state index in [4.69, 9.17) is 11.6 Å². The number of nitrogens with zero attached hydrogens (tertiary/aromatic N) is 2. The first-order valence-electron chi connectivity index (χ1n) is 6.83. The van der Waals surface area contributed by atoms with Crippen LogP contribution in [0, 0.1) is 5.41 Å². The van der Waals surface area contributed by atoms with Crippen LogP contribution in [-0.4, -0.2) is 42.0 Å². The predicted octanol–water partition coefficient (Wildman–Crippen LogP) is 2.49. The van der Waals surface area contributed by atoms with Crippen LogP contribution in [0.15, 0.2) is 24.4 Å². The molecule has 2 aliphatic heterocycles. The average Bonchev–Trinajstić information content (AvgIpc) is 2.72. The fourth-order valence-electron chi connectivity index (χ4n) is 3.49. The molecule has 2 aromatic rings. The molecule has 0 atom stereocenters. The normalized spacial score (nSPS) is 20.1. The van der Waals surface area contributed by atoms with Gasteiger partial charge >= 0.3 is 0 Å². The third-order valence-corrected chi connectivity index (χ3v) is 4.72. The lowest BCUT2D eigenvalue weighted by Gasteiger charge is -2.60. The van der Waals surface area contributed by atoms with Gasteiger partial charge in [-0.05, 0) is 18.2 Å². The van der Waals surface area contributed by atoms with Gasteiger partial charge < -0.3 is 14.8 Å². The van der Waals surface area contributed by atoms with Crippen molar-refractivity contribution in [3.05, 3.63) is 29.4 Å². The standard InChI is InChI=1S/C15H16ClN3O/c1-10(20)18-6-15(7-18)8-19(9-15)14-5-11(16)4-13-12(14)2-3-17-13/h2-5,17H,6-9H2,1H3. The van der Waals surface area contributed by atoms with Crippen molar-refractivity contribution in [1.82, 2.24) is 9.88 Å². The topological polar surface area (TPSA) is 39.3 Å². The molecule has 0 unspecified atom stereocenters. The molecule has 4 rings (SSSR count). The minimum absolute atomic E-state index is 0.185. The Morgan fingerprint density at radius 3 is 2.75 bits per heavy atom. The zero-order valence-electron chi connectivity index (χ0n) is 11.3. The van der Waals surface area contributed by atoms with E-state index in [1.165, 1.54) is 11.1 Å². The number of rotatable bonds is 1. The van der Waals surface area contributed by atoms with E-state index in [-0.39, 0.29) is 5.91 Å². The molecule has 5 heteroatoms. The number of amides is 1. The SMILES string of the molecule is CC(=O)N1CC2(C1)CN(c1cc(Cl)cc3[nH]ccc13)C2. The van der Waals surface area contributed by atoms with Crippen LogP contribution < -0.4 is 4.90 Å². The molecule has 1 spiro atoms. The Hall–Kier alpha value is -1.68. The van der Waals surface area contributed by atoms with Crippen molar-refractivity contribution in [2.75, 3.05) is 31.1 Å². The smallest absolute Gasteiger partial charge is 0.219 e. The van der Waals surface area contributed by atoms with Gasteiger partial charge in [-0.15, -0.1) is 0 Å². The molecule has 20 heavy (non-hydrogen) atoms. The summed E-state index contributed by atoms with van der Waals surface area (Å²) in [6.45, 7) is 5.46. The van der Waals surface area contributed by atoms with Gasteiger partial charge in [-0.3, -0.25) is 4.79 Å². The molecular formula is C15H16ClN3O. The van der Waals surface area contributed by atoms with Crippen LogP contribution >= 0.6 is 11.6 Å². The van der Waals surface area contributed by atoms with Crippen LogP contribution in [-0.2, 0) is 4.79 Å². The summed E-state index contributed by atoms with van der Waals surface area (Å²) in [6.07, 6.45) is 1.95. The van der Waals surface area contributed by atoms with Gasteiger partial charge in [0.2, 0.25) is 5.91 Å². The highest BCUT2D eigenvalue weighted by Gasteiger charge is 2.52. The van der Waals surface area contributed by atoms with Gasteiger partial charge in [-0.1, -0.05) is 11.6 Å². The van der Waals surface area contributed by atoms with Gasteiger partial charge in [-0.25, -0.2) is 0 Å². The maximum absolute atomic E-state index is 11.3. The molecule has 1 aromatic heterocycles. The highest BCUT2D eigenvalue weighted by atomic mass is 35.5. The molecule has 0 aliphatic carbocycles. The molecule has 2 fully saturated rings. The van der Waals surface area contributed by atoms with Crippen molar-refractivity contribution in [2.24, 2.45) is 5.41 Å². The molecule has 0 bridgehead atoms. The number of benzene rings is 1. The van der Waals surface area contributed by atoms with E-state index in [0.29, 0.717) is 5.41 Å². The lowest BCUT2D eigenvalue weighted by molar-refractivity contribution is -0.142. The van der Waals surface area contributed by atoms with Crippen LogP contribution in [0.3, 0.4) is 0 Å². The second-order valence-corrected chi connectivity index (χ2v) is 6.53. The number of aromatic amines is 1. The van der Waals surface area contributed by atoms with Crippen molar-refractivity contribution in [2.45, 2.75) is 6.92 Å². The summed E-state index contributed by atoms with van der Waals surface area (Å²) in [5.74, 6) is 0.185. The monoisotopic (exact) mass is 289 g/mol. The first-order chi connectivity index (χ1) is 9.56. The molecule has 1 amide bonds. The Bertz CT molecular complexity index is 694. The molecule has 0 radical (unpaired) electrons. The van der Waals surface area contributed by atoms with Gasteiger partial charge in [0.15, 0.2) is 0 Å². The largest absolute Gasteiger partial charge is 0.369 e. The Morgan fingerprint density at radius 2 is 2.05 bits per heavy atom. The number of aromatic nitrogens is 1.